The molecule has 0 bridgehead atoms. The fraction of sp³-hybridized carbons (Fsp3) is 0.143. The van der Waals surface area contributed by atoms with Crippen molar-refractivity contribution in [1.82, 2.24) is 0 Å². The third-order valence-electron chi connectivity index (χ3n) is 5.22. The molecule has 0 heterocycles. The zero-order chi connectivity index (χ0) is 19.7. The fourth-order valence-electron chi connectivity index (χ4n) is 3.59. The Hall–Kier alpha value is -2.77. The van der Waals surface area contributed by atoms with Crippen LogP contribution in [0.4, 0.5) is 0 Å². The van der Waals surface area contributed by atoms with Crippen LogP contribution in [0.3, 0.4) is 0 Å². The quantitative estimate of drug-likeness (QED) is 0.300. The van der Waals surface area contributed by atoms with Crippen LogP contribution in [0.15, 0.2) is 119 Å². The van der Waals surface area contributed by atoms with E-state index in [-0.39, 0.29) is 0 Å². The Balaban J connectivity index is 1.48. The molecule has 0 aromatic heterocycles. The zero-order valence-corrected chi connectivity index (χ0v) is 17.4. The van der Waals surface area contributed by atoms with Gasteiger partial charge in [-0.05, 0) is 60.1 Å². The Morgan fingerprint density at radius 3 is 1.21 bits per heavy atom. The van der Waals surface area contributed by atoms with E-state index < -0.39 is 0 Å². The van der Waals surface area contributed by atoms with E-state index >= 15 is 0 Å². The Morgan fingerprint density at radius 1 is 0.379 bits per heavy atom. The van der Waals surface area contributed by atoms with Gasteiger partial charge in [-0.1, -0.05) is 109 Å². The van der Waals surface area contributed by atoms with Crippen molar-refractivity contribution in [3.63, 3.8) is 0 Å². The molecular weight excluding hydrogens is 368 g/mol. The van der Waals surface area contributed by atoms with Crippen LogP contribution in [-0.2, 0) is 25.7 Å². The van der Waals surface area contributed by atoms with Gasteiger partial charge >= 0.3 is 0 Å². The molecule has 0 saturated carbocycles. The summed E-state index contributed by atoms with van der Waals surface area (Å²) in [7, 11) is 0. The molecule has 0 spiro atoms. The summed E-state index contributed by atoms with van der Waals surface area (Å²) in [5, 5.41) is 0. The molecule has 0 aliphatic carbocycles. The maximum Gasteiger partial charge on any atom is 0.0154 e. The van der Waals surface area contributed by atoms with Crippen molar-refractivity contribution < 1.29 is 0 Å². The number of hydrogen-bond acceptors (Lipinski definition) is 1. The summed E-state index contributed by atoms with van der Waals surface area (Å²) in [6, 6.07) is 39.2. The molecule has 0 amide bonds. The number of aryl methyl sites for hydroxylation is 4. The summed E-state index contributed by atoms with van der Waals surface area (Å²) in [4.78, 5) is 2.74. The molecule has 4 aromatic carbocycles. The van der Waals surface area contributed by atoms with Crippen molar-refractivity contribution in [1.29, 1.82) is 0 Å². The van der Waals surface area contributed by atoms with Gasteiger partial charge in [-0.25, -0.2) is 0 Å². The maximum atomic E-state index is 2.28. The van der Waals surface area contributed by atoms with Crippen LogP contribution in [0.1, 0.15) is 22.3 Å². The maximum absolute atomic E-state index is 2.28. The highest BCUT2D eigenvalue weighted by molar-refractivity contribution is 7.99. The van der Waals surface area contributed by atoms with Crippen LogP contribution >= 0.6 is 11.8 Å². The van der Waals surface area contributed by atoms with Crippen LogP contribution < -0.4 is 0 Å². The normalized spacial score (nSPS) is 10.8. The average Bonchev–Trinajstić information content (AvgIpc) is 2.79. The van der Waals surface area contributed by atoms with E-state index in [1.807, 2.05) is 11.8 Å². The summed E-state index contributed by atoms with van der Waals surface area (Å²) in [6.07, 6.45) is 4.29. The van der Waals surface area contributed by atoms with Gasteiger partial charge in [0.2, 0.25) is 0 Å². The number of benzene rings is 4. The predicted octanol–water partition coefficient (Wildman–Crippen LogP) is 7.41. The summed E-state index contributed by atoms with van der Waals surface area (Å²) >= 11 is 1.91. The van der Waals surface area contributed by atoms with E-state index in [1.54, 1.807) is 0 Å². The summed E-state index contributed by atoms with van der Waals surface area (Å²) in [6.45, 7) is 0. The topological polar surface area (TPSA) is 0 Å². The smallest absolute Gasteiger partial charge is 0.0154 e. The van der Waals surface area contributed by atoms with Gasteiger partial charge in [-0.2, -0.15) is 0 Å². The predicted molar refractivity (Wildman–Crippen MR) is 125 cm³/mol. The highest BCUT2D eigenvalue weighted by Crippen LogP contribution is 2.34. The van der Waals surface area contributed by atoms with Gasteiger partial charge in [0.05, 0.1) is 0 Å². The minimum Gasteiger partial charge on any atom is -0.0895 e. The van der Waals surface area contributed by atoms with E-state index in [2.05, 4.69) is 109 Å². The van der Waals surface area contributed by atoms with Crippen molar-refractivity contribution in [2.75, 3.05) is 0 Å². The van der Waals surface area contributed by atoms with Gasteiger partial charge in [-0.3, -0.25) is 0 Å². The molecule has 0 fully saturated rings. The summed E-state index contributed by atoms with van der Waals surface area (Å²) in [5.74, 6) is 0. The van der Waals surface area contributed by atoms with Crippen LogP contribution in [0.2, 0.25) is 0 Å². The minimum atomic E-state index is 1.07. The Kier molecular flexibility index (Phi) is 6.83. The first-order valence-corrected chi connectivity index (χ1v) is 11.1. The molecule has 0 nitrogen and oxygen atoms in total. The minimum absolute atomic E-state index is 1.07. The molecule has 0 N–H and O–H groups in total. The standard InChI is InChI=1S/C28H26S/c1-3-11-23(12-4-1)19-21-25-15-7-9-17-27(25)29-28-18-10-8-16-26(28)22-20-24-13-5-2-6-14-24/h1-18H,19-22H2. The summed E-state index contributed by atoms with van der Waals surface area (Å²) < 4.78 is 0. The lowest BCUT2D eigenvalue weighted by molar-refractivity contribution is 0.928. The molecule has 0 aliphatic rings. The second-order valence-electron chi connectivity index (χ2n) is 7.29. The lowest BCUT2D eigenvalue weighted by Gasteiger charge is -2.13. The van der Waals surface area contributed by atoms with E-state index in [0.29, 0.717) is 0 Å². The monoisotopic (exact) mass is 394 g/mol. The molecule has 0 unspecified atom stereocenters. The van der Waals surface area contributed by atoms with Crippen molar-refractivity contribution in [3.05, 3.63) is 131 Å². The second kappa shape index (κ2) is 10.1. The molecule has 0 atom stereocenters. The Labute approximate surface area is 178 Å². The van der Waals surface area contributed by atoms with E-state index in [0.717, 1.165) is 25.7 Å². The first kappa shape index (κ1) is 19.5. The van der Waals surface area contributed by atoms with Gasteiger partial charge in [0.15, 0.2) is 0 Å². The lowest BCUT2D eigenvalue weighted by Crippen LogP contribution is -1.95. The van der Waals surface area contributed by atoms with Gasteiger partial charge in [0.25, 0.3) is 0 Å². The molecule has 29 heavy (non-hydrogen) atoms. The highest BCUT2D eigenvalue weighted by Gasteiger charge is 2.08. The second-order valence-corrected chi connectivity index (χ2v) is 8.37. The molecule has 1 heteroatoms. The van der Waals surface area contributed by atoms with E-state index in [1.165, 1.54) is 32.0 Å². The van der Waals surface area contributed by atoms with Crippen LogP contribution in [-0.4, -0.2) is 0 Å². The molecule has 4 aromatic rings. The van der Waals surface area contributed by atoms with Crippen molar-refractivity contribution in [2.45, 2.75) is 35.5 Å². The van der Waals surface area contributed by atoms with Gasteiger partial charge in [0, 0.05) is 9.79 Å². The number of rotatable bonds is 8. The van der Waals surface area contributed by atoms with Crippen LogP contribution in [0, 0.1) is 0 Å². The first-order valence-electron chi connectivity index (χ1n) is 10.3. The van der Waals surface area contributed by atoms with Gasteiger partial charge in [-0.15, -0.1) is 0 Å². The largest absolute Gasteiger partial charge is 0.0895 e. The Bertz CT molecular complexity index is 937. The average molecular weight is 395 g/mol. The van der Waals surface area contributed by atoms with Crippen LogP contribution in [0.5, 0.6) is 0 Å². The molecule has 0 aliphatic heterocycles. The molecule has 4 rings (SSSR count). The van der Waals surface area contributed by atoms with Gasteiger partial charge < -0.3 is 0 Å². The van der Waals surface area contributed by atoms with Crippen LogP contribution in [0.25, 0.3) is 0 Å². The highest BCUT2D eigenvalue weighted by atomic mass is 32.2. The van der Waals surface area contributed by atoms with Crippen molar-refractivity contribution in [2.24, 2.45) is 0 Å². The van der Waals surface area contributed by atoms with Gasteiger partial charge in [0.1, 0.15) is 0 Å². The lowest BCUT2D eigenvalue weighted by atomic mass is 10.0. The summed E-state index contributed by atoms with van der Waals surface area (Å²) in [5.41, 5.74) is 5.66. The van der Waals surface area contributed by atoms with E-state index in [4.69, 9.17) is 0 Å². The Morgan fingerprint density at radius 2 is 0.759 bits per heavy atom. The molecular formula is C28H26S. The molecule has 144 valence electrons. The first-order chi connectivity index (χ1) is 14.4. The van der Waals surface area contributed by atoms with Crippen molar-refractivity contribution >= 4 is 11.8 Å². The third-order valence-corrected chi connectivity index (χ3v) is 6.45. The molecule has 0 saturated heterocycles. The van der Waals surface area contributed by atoms with Crippen molar-refractivity contribution in [3.8, 4) is 0 Å². The number of hydrogen-bond donors (Lipinski definition) is 0. The third kappa shape index (κ3) is 5.62. The molecule has 0 radical (unpaired) electrons. The SMILES string of the molecule is c1ccc(CCc2ccccc2Sc2ccccc2CCc2ccccc2)cc1. The fourth-order valence-corrected chi connectivity index (χ4v) is 4.72. The zero-order valence-electron chi connectivity index (χ0n) is 16.6. The van der Waals surface area contributed by atoms with E-state index in [9.17, 15) is 0 Å².